The highest BCUT2D eigenvalue weighted by Crippen LogP contribution is 2.23. The number of piperazine rings is 1. The van der Waals surface area contributed by atoms with Crippen LogP contribution in [0.2, 0.25) is 0 Å². The van der Waals surface area contributed by atoms with Crippen LogP contribution >= 0.6 is 15.9 Å². The van der Waals surface area contributed by atoms with Crippen molar-refractivity contribution >= 4 is 33.6 Å². The van der Waals surface area contributed by atoms with Crippen molar-refractivity contribution in [2.45, 2.75) is 39.3 Å². The van der Waals surface area contributed by atoms with Crippen LogP contribution in [-0.2, 0) is 4.74 Å². The van der Waals surface area contributed by atoms with Crippen molar-refractivity contribution in [3.8, 4) is 0 Å². The second-order valence-corrected chi connectivity index (χ2v) is 7.87. The summed E-state index contributed by atoms with van der Waals surface area (Å²) in [6, 6.07) is 5.05. The van der Waals surface area contributed by atoms with Crippen LogP contribution in [0.25, 0.3) is 0 Å². The fraction of sp³-hybridized carbons (Fsp3) is 0.529. The van der Waals surface area contributed by atoms with Crippen molar-refractivity contribution in [3.63, 3.8) is 0 Å². The second-order valence-electron chi connectivity index (χ2n) is 7.01. The number of nitrogens with zero attached hydrogens (tertiary/aromatic N) is 2. The molecule has 1 heterocycles. The van der Waals surface area contributed by atoms with Crippen molar-refractivity contribution in [1.82, 2.24) is 9.80 Å². The van der Waals surface area contributed by atoms with Gasteiger partial charge in [0.15, 0.2) is 0 Å². The standard InChI is InChI=1S/C17H24BrN3O3/c1-11-10-20(16(23)24-17(2,3)4)7-8-21(11)15(22)13-6-5-12(19)9-14(13)18/h5-6,9,11H,7-8,10,19H2,1-4H3. The summed E-state index contributed by atoms with van der Waals surface area (Å²) < 4.78 is 6.08. The average Bonchev–Trinajstić information content (AvgIpc) is 2.44. The molecule has 2 amide bonds. The molecule has 7 heteroatoms. The third-order valence-corrected chi connectivity index (χ3v) is 4.42. The van der Waals surface area contributed by atoms with Crippen LogP contribution in [0.5, 0.6) is 0 Å². The first-order chi connectivity index (χ1) is 11.1. The van der Waals surface area contributed by atoms with Gasteiger partial charge in [-0.05, 0) is 61.8 Å². The lowest BCUT2D eigenvalue weighted by Crippen LogP contribution is -2.56. The third-order valence-electron chi connectivity index (χ3n) is 3.76. The SMILES string of the molecule is CC1CN(C(=O)OC(C)(C)C)CCN1C(=O)c1ccc(N)cc1Br. The maximum atomic E-state index is 12.8. The second kappa shape index (κ2) is 7.01. The van der Waals surface area contributed by atoms with Crippen molar-refractivity contribution in [1.29, 1.82) is 0 Å². The van der Waals surface area contributed by atoms with E-state index in [-0.39, 0.29) is 18.0 Å². The van der Waals surface area contributed by atoms with E-state index in [0.717, 1.165) is 0 Å². The molecule has 0 radical (unpaired) electrons. The van der Waals surface area contributed by atoms with E-state index in [1.54, 1.807) is 28.0 Å². The molecule has 0 spiro atoms. The first-order valence-corrected chi connectivity index (χ1v) is 8.71. The number of halogens is 1. The van der Waals surface area contributed by atoms with Gasteiger partial charge >= 0.3 is 6.09 Å². The van der Waals surface area contributed by atoms with Gasteiger partial charge in [0.2, 0.25) is 0 Å². The van der Waals surface area contributed by atoms with Gasteiger partial charge in [0.1, 0.15) is 5.60 Å². The molecular formula is C17H24BrN3O3. The van der Waals surface area contributed by atoms with Gasteiger partial charge in [-0.25, -0.2) is 4.79 Å². The van der Waals surface area contributed by atoms with Crippen molar-refractivity contribution in [2.75, 3.05) is 25.4 Å². The monoisotopic (exact) mass is 397 g/mol. The van der Waals surface area contributed by atoms with Crippen molar-refractivity contribution in [2.24, 2.45) is 0 Å². The number of carbonyl (C=O) groups excluding carboxylic acids is 2. The predicted octanol–water partition coefficient (Wildman–Crippen LogP) is 3.11. The zero-order chi connectivity index (χ0) is 18.1. The first kappa shape index (κ1) is 18.6. The molecule has 1 atom stereocenters. The smallest absolute Gasteiger partial charge is 0.410 e. The quantitative estimate of drug-likeness (QED) is 0.738. The zero-order valence-corrected chi connectivity index (χ0v) is 16.1. The summed E-state index contributed by atoms with van der Waals surface area (Å²) in [7, 11) is 0. The average molecular weight is 398 g/mol. The lowest BCUT2D eigenvalue weighted by atomic mass is 10.1. The van der Waals surface area contributed by atoms with Crippen LogP contribution in [0.4, 0.5) is 10.5 Å². The Labute approximate surface area is 151 Å². The molecule has 1 aliphatic rings. The molecule has 1 fully saturated rings. The fourth-order valence-corrected chi connectivity index (χ4v) is 3.18. The van der Waals surface area contributed by atoms with Gasteiger partial charge in [-0.2, -0.15) is 0 Å². The lowest BCUT2D eigenvalue weighted by Gasteiger charge is -2.40. The Hall–Kier alpha value is -1.76. The first-order valence-electron chi connectivity index (χ1n) is 7.92. The Morgan fingerprint density at radius 3 is 2.50 bits per heavy atom. The number of ether oxygens (including phenoxy) is 1. The number of benzene rings is 1. The summed E-state index contributed by atoms with van der Waals surface area (Å²) in [6.07, 6.45) is -0.338. The highest BCUT2D eigenvalue weighted by atomic mass is 79.9. The van der Waals surface area contributed by atoms with E-state index < -0.39 is 5.60 Å². The van der Waals surface area contributed by atoms with Crippen LogP contribution in [0.3, 0.4) is 0 Å². The number of anilines is 1. The van der Waals surface area contributed by atoms with E-state index in [0.29, 0.717) is 35.4 Å². The molecule has 1 aromatic rings. The number of hydrogen-bond acceptors (Lipinski definition) is 4. The van der Waals surface area contributed by atoms with Gasteiger partial charge in [-0.15, -0.1) is 0 Å². The molecule has 1 unspecified atom stereocenters. The molecule has 2 rings (SSSR count). The van der Waals surface area contributed by atoms with Gasteiger partial charge in [0.05, 0.1) is 5.56 Å². The summed E-state index contributed by atoms with van der Waals surface area (Å²) in [5.41, 5.74) is 6.37. The summed E-state index contributed by atoms with van der Waals surface area (Å²) >= 11 is 3.39. The molecule has 1 aliphatic heterocycles. The minimum absolute atomic E-state index is 0.0711. The van der Waals surface area contributed by atoms with Crippen LogP contribution in [-0.4, -0.2) is 53.1 Å². The summed E-state index contributed by atoms with van der Waals surface area (Å²) in [6.45, 7) is 8.83. The molecule has 0 bridgehead atoms. The van der Waals surface area contributed by atoms with Gasteiger partial charge in [0.25, 0.3) is 5.91 Å². The number of rotatable bonds is 1. The maximum Gasteiger partial charge on any atom is 0.410 e. The summed E-state index contributed by atoms with van der Waals surface area (Å²) in [5.74, 6) is -0.0711. The van der Waals surface area contributed by atoms with Crippen LogP contribution in [0.15, 0.2) is 22.7 Å². The zero-order valence-electron chi connectivity index (χ0n) is 14.5. The Morgan fingerprint density at radius 1 is 1.29 bits per heavy atom. The Morgan fingerprint density at radius 2 is 1.96 bits per heavy atom. The van der Waals surface area contributed by atoms with E-state index in [9.17, 15) is 9.59 Å². The van der Waals surface area contributed by atoms with Gasteiger partial charge < -0.3 is 20.3 Å². The van der Waals surface area contributed by atoms with Gasteiger partial charge in [-0.3, -0.25) is 4.79 Å². The topological polar surface area (TPSA) is 75.9 Å². The predicted molar refractivity (Wildman–Crippen MR) is 96.9 cm³/mol. The molecule has 0 saturated carbocycles. The Bertz CT molecular complexity index is 642. The maximum absolute atomic E-state index is 12.8. The highest BCUT2D eigenvalue weighted by Gasteiger charge is 2.32. The van der Waals surface area contributed by atoms with Crippen LogP contribution in [0, 0.1) is 0 Å². The molecule has 0 aliphatic carbocycles. The van der Waals surface area contributed by atoms with Crippen LogP contribution < -0.4 is 5.73 Å². The van der Waals surface area contributed by atoms with E-state index in [1.807, 2.05) is 27.7 Å². The van der Waals surface area contributed by atoms with E-state index >= 15 is 0 Å². The highest BCUT2D eigenvalue weighted by molar-refractivity contribution is 9.10. The number of nitrogens with two attached hydrogens (primary N) is 1. The molecule has 0 aromatic heterocycles. The van der Waals surface area contributed by atoms with E-state index in [2.05, 4.69) is 15.9 Å². The minimum atomic E-state index is -0.526. The van der Waals surface area contributed by atoms with Gasteiger partial charge in [-0.1, -0.05) is 0 Å². The number of carbonyl (C=O) groups is 2. The Balaban J connectivity index is 2.05. The fourth-order valence-electron chi connectivity index (χ4n) is 2.61. The lowest BCUT2D eigenvalue weighted by molar-refractivity contribution is 0.00615. The molecule has 6 nitrogen and oxygen atoms in total. The molecular weight excluding hydrogens is 374 g/mol. The third kappa shape index (κ3) is 4.41. The minimum Gasteiger partial charge on any atom is -0.444 e. The normalized spacial score (nSPS) is 18.5. The van der Waals surface area contributed by atoms with E-state index in [4.69, 9.17) is 10.5 Å². The molecule has 1 saturated heterocycles. The van der Waals surface area contributed by atoms with Crippen molar-refractivity contribution in [3.05, 3.63) is 28.2 Å². The largest absolute Gasteiger partial charge is 0.444 e. The molecule has 1 aromatic carbocycles. The van der Waals surface area contributed by atoms with Gasteiger partial charge in [0, 0.05) is 35.8 Å². The summed E-state index contributed by atoms with van der Waals surface area (Å²) in [5, 5.41) is 0. The van der Waals surface area contributed by atoms with E-state index in [1.165, 1.54) is 0 Å². The number of hydrogen-bond donors (Lipinski definition) is 1. The number of amides is 2. The molecule has 2 N–H and O–H groups in total. The molecule has 24 heavy (non-hydrogen) atoms. The number of nitrogen functional groups attached to an aromatic ring is 1. The summed E-state index contributed by atoms with van der Waals surface area (Å²) in [4.78, 5) is 28.4. The van der Waals surface area contributed by atoms with Crippen LogP contribution in [0.1, 0.15) is 38.1 Å². The van der Waals surface area contributed by atoms with Crippen molar-refractivity contribution < 1.29 is 14.3 Å². The molecule has 132 valence electrons. The Kier molecular flexibility index (Phi) is 5.42.